The second kappa shape index (κ2) is 6.41. The van der Waals surface area contributed by atoms with Crippen molar-refractivity contribution in [3.05, 3.63) is 50.1 Å². The number of nitrogen functional groups attached to an aromatic ring is 1. The summed E-state index contributed by atoms with van der Waals surface area (Å²) in [4.78, 5) is 13.6. The van der Waals surface area contributed by atoms with Crippen LogP contribution in [-0.4, -0.2) is 11.9 Å². The number of amides is 1. The Morgan fingerprint density at radius 3 is 2.90 bits per heavy atom. The van der Waals surface area contributed by atoms with Gasteiger partial charge in [0.25, 0.3) is 5.91 Å². The number of nitrogens with one attached hydrogen (secondary N) is 1. The SMILES string of the molecule is Cc1c(N)cc(Br)cc1C(=O)NC(C)Cc1cccs1. The molecule has 1 aromatic carbocycles. The van der Waals surface area contributed by atoms with Crippen molar-refractivity contribution < 1.29 is 4.79 Å². The maximum Gasteiger partial charge on any atom is 0.251 e. The van der Waals surface area contributed by atoms with Gasteiger partial charge < -0.3 is 11.1 Å². The molecule has 2 aromatic rings. The third-order valence-corrected chi connectivity index (χ3v) is 4.48. The van der Waals surface area contributed by atoms with E-state index in [-0.39, 0.29) is 11.9 Å². The molecule has 0 saturated heterocycles. The molecular formula is C15H17BrN2OS. The van der Waals surface area contributed by atoms with Crippen LogP contribution in [0.5, 0.6) is 0 Å². The first kappa shape index (κ1) is 15.1. The number of hydrogen-bond acceptors (Lipinski definition) is 3. The van der Waals surface area contributed by atoms with E-state index in [1.807, 2.05) is 25.3 Å². The number of rotatable bonds is 4. The molecule has 0 radical (unpaired) electrons. The molecule has 5 heteroatoms. The third kappa shape index (κ3) is 3.61. The van der Waals surface area contributed by atoms with Crippen molar-refractivity contribution in [1.29, 1.82) is 0 Å². The molecule has 1 atom stereocenters. The van der Waals surface area contributed by atoms with Crippen LogP contribution in [0.4, 0.5) is 5.69 Å². The number of halogens is 1. The number of nitrogens with two attached hydrogens (primary N) is 1. The topological polar surface area (TPSA) is 55.1 Å². The maximum absolute atomic E-state index is 12.3. The third-order valence-electron chi connectivity index (χ3n) is 3.12. The lowest BCUT2D eigenvalue weighted by molar-refractivity contribution is 0.0939. The Balaban J connectivity index is 2.08. The predicted molar refractivity (Wildman–Crippen MR) is 88.2 cm³/mol. The van der Waals surface area contributed by atoms with Gasteiger partial charge in [0, 0.05) is 33.1 Å². The van der Waals surface area contributed by atoms with Gasteiger partial charge in [-0.25, -0.2) is 0 Å². The van der Waals surface area contributed by atoms with Gasteiger partial charge in [-0.15, -0.1) is 11.3 Å². The quantitative estimate of drug-likeness (QED) is 0.823. The van der Waals surface area contributed by atoms with Crippen molar-refractivity contribution in [3.8, 4) is 0 Å². The Bertz CT molecular complexity index is 611. The summed E-state index contributed by atoms with van der Waals surface area (Å²) in [5, 5.41) is 5.07. The smallest absolute Gasteiger partial charge is 0.251 e. The summed E-state index contributed by atoms with van der Waals surface area (Å²) >= 11 is 5.08. The molecule has 1 heterocycles. The molecule has 106 valence electrons. The van der Waals surface area contributed by atoms with E-state index in [0.717, 1.165) is 16.5 Å². The van der Waals surface area contributed by atoms with Crippen LogP contribution in [-0.2, 0) is 6.42 Å². The number of benzene rings is 1. The Labute approximate surface area is 131 Å². The molecule has 3 nitrogen and oxygen atoms in total. The van der Waals surface area contributed by atoms with Gasteiger partial charge in [0.1, 0.15) is 0 Å². The molecule has 0 bridgehead atoms. The van der Waals surface area contributed by atoms with Crippen molar-refractivity contribution in [2.45, 2.75) is 26.3 Å². The van der Waals surface area contributed by atoms with Crippen LogP contribution in [0.15, 0.2) is 34.1 Å². The van der Waals surface area contributed by atoms with Crippen molar-refractivity contribution in [2.24, 2.45) is 0 Å². The Kier molecular flexibility index (Phi) is 4.83. The summed E-state index contributed by atoms with van der Waals surface area (Å²) in [6, 6.07) is 7.80. The minimum Gasteiger partial charge on any atom is -0.398 e. The molecule has 1 unspecified atom stereocenters. The standard InChI is InChI=1S/C15H17BrN2OS/c1-9(6-12-4-3-5-20-12)18-15(19)13-7-11(16)8-14(17)10(13)2/h3-5,7-9H,6,17H2,1-2H3,(H,18,19). The van der Waals surface area contributed by atoms with Crippen LogP contribution in [0, 0.1) is 6.92 Å². The molecule has 0 aliphatic heterocycles. The second-order valence-electron chi connectivity index (χ2n) is 4.83. The van der Waals surface area contributed by atoms with E-state index in [1.165, 1.54) is 4.88 Å². The van der Waals surface area contributed by atoms with Crippen LogP contribution in [0.25, 0.3) is 0 Å². The van der Waals surface area contributed by atoms with Crippen molar-refractivity contribution in [3.63, 3.8) is 0 Å². The second-order valence-corrected chi connectivity index (χ2v) is 6.77. The summed E-state index contributed by atoms with van der Waals surface area (Å²) in [5.74, 6) is -0.0837. The molecule has 2 rings (SSSR count). The summed E-state index contributed by atoms with van der Waals surface area (Å²) in [6.07, 6.45) is 0.839. The number of carbonyl (C=O) groups is 1. The molecule has 0 fully saturated rings. The molecule has 0 aliphatic rings. The molecule has 20 heavy (non-hydrogen) atoms. The fourth-order valence-corrected chi connectivity index (χ4v) is 3.33. The highest BCUT2D eigenvalue weighted by molar-refractivity contribution is 9.10. The van der Waals surface area contributed by atoms with E-state index in [0.29, 0.717) is 11.3 Å². The summed E-state index contributed by atoms with van der Waals surface area (Å²) in [7, 11) is 0. The lowest BCUT2D eigenvalue weighted by Crippen LogP contribution is -2.34. The van der Waals surface area contributed by atoms with Gasteiger partial charge >= 0.3 is 0 Å². The molecule has 0 aliphatic carbocycles. The molecule has 1 aromatic heterocycles. The van der Waals surface area contributed by atoms with E-state index < -0.39 is 0 Å². The minimum absolute atomic E-state index is 0.0837. The van der Waals surface area contributed by atoms with E-state index >= 15 is 0 Å². The van der Waals surface area contributed by atoms with E-state index in [2.05, 4.69) is 27.3 Å². The normalized spacial score (nSPS) is 12.2. The largest absolute Gasteiger partial charge is 0.398 e. The van der Waals surface area contributed by atoms with Gasteiger partial charge in [-0.1, -0.05) is 22.0 Å². The predicted octanol–water partition coefficient (Wildman–Crippen LogP) is 3.76. The lowest BCUT2D eigenvalue weighted by atomic mass is 10.1. The molecule has 0 saturated carbocycles. The van der Waals surface area contributed by atoms with Gasteiger partial charge in [0.05, 0.1) is 0 Å². The van der Waals surface area contributed by atoms with Crippen molar-refractivity contribution in [2.75, 3.05) is 5.73 Å². The van der Waals surface area contributed by atoms with Gasteiger partial charge in [0.15, 0.2) is 0 Å². The zero-order chi connectivity index (χ0) is 14.7. The lowest BCUT2D eigenvalue weighted by Gasteiger charge is -2.15. The first-order valence-electron chi connectivity index (χ1n) is 6.36. The van der Waals surface area contributed by atoms with Gasteiger partial charge in [-0.3, -0.25) is 4.79 Å². The van der Waals surface area contributed by atoms with E-state index in [1.54, 1.807) is 23.5 Å². The van der Waals surface area contributed by atoms with Crippen LogP contribution >= 0.6 is 27.3 Å². The average Bonchev–Trinajstić information content (AvgIpc) is 2.86. The number of thiophene rings is 1. The maximum atomic E-state index is 12.3. The first-order chi connectivity index (χ1) is 9.47. The molecule has 0 spiro atoms. The number of hydrogen-bond donors (Lipinski definition) is 2. The molecule has 3 N–H and O–H groups in total. The minimum atomic E-state index is -0.0837. The van der Waals surface area contributed by atoms with Gasteiger partial charge in [-0.2, -0.15) is 0 Å². The van der Waals surface area contributed by atoms with Gasteiger partial charge in [0.2, 0.25) is 0 Å². The fourth-order valence-electron chi connectivity index (χ4n) is 2.02. The Morgan fingerprint density at radius 1 is 1.50 bits per heavy atom. The fraction of sp³-hybridized carbons (Fsp3) is 0.267. The zero-order valence-corrected chi connectivity index (χ0v) is 13.8. The Hall–Kier alpha value is -1.33. The molecule has 1 amide bonds. The monoisotopic (exact) mass is 352 g/mol. The van der Waals surface area contributed by atoms with Crippen LogP contribution in [0.3, 0.4) is 0 Å². The summed E-state index contributed by atoms with van der Waals surface area (Å²) < 4.78 is 0.816. The number of anilines is 1. The highest BCUT2D eigenvalue weighted by Gasteiger charge is 2.15. The van der Waals surface area contributed by atoms with Gasteiger partial charge in [-0.05, 0) is 43.0 Å². The zero-order valence-electron chi connectivity index (χ0n) is 11.4. The highest BCUT2D eigenvalue weighted by Crippen LogP contribution is 2.23. The van der Waals surface area contributed by atoms with E-state index in [9.17, 15) is 4.79 Å². The number of carbonyl (C=O) groups excluding carboxylic acids is 1. The van der Waals surface area contributed by atoms with E-state index in [4.69, 9.17) is 5.73 Å². The van der Waals surface area contributed by atoms with Crippen molar-refractivity contribution >= 4 is 38.9 Å². The van der Waals surface area contributed by atoms with Crippen LogP contribution < -0.4 is 11.1 Å². The summed E-state index contributed by atoms with van der Waals surface area (Å²) in [6.45, 7) is 3.87. The van der Waals surface area contributed by atoms with Crippen LogP contribution in [0.1, 0.15) is 27.7 Å². The van der Waals surface area contributed by atoms with Crippen molar-refractivity contribution in [1.82, 2.24) is 5.32 Å². The average molecular weight is 353 g/mol. The molecular weight excluding hydrogens is 336 g/mol. The highest BCUT2D eigenvalue weighted by atomic mass is 79.9. The Morgan fingerprint density at radius 2 is 2.25 bits per heavy atom. The van der Waals surface area contributed by atoms with Crippen LogP contribution in [0.2, 0.25) is 0 Å². The first-order valence-corrected chi connectivity index (χ1v) is 8.03. The summed E-state index contributed by atoms with van der Waals surface area (Å²) in [5.41, 5.74) is 7.95.